The van der Waals surface area contributed by atoms with Crippen LogP contribution in [0.1, 0.15) is 55.5 Å². The van der Waals surface area contributed by atoms with Crippen molar-refractivity contribution in [3.8, 4) is 5.75 Å². The minimum Gasteiger partial charge on any atom is -0.534 e. The van der Waals surface area contributed by atoms with Crippen molar-refractivity contribution in [1.82, 2.24) is 5.32 Å². The van der Waals surface area contributed by atoms with Crippen molar-refractivity contribution in [2.24, 2.45) is 0 Å². The predicted molar refractivity (Wildman–Crippen MR) is 108 cm³/mol. The summed E-state index contributed by atoms with van der Waals surface area (Å²) in [5.74, 6) is -1.92. The number of hydrogen-bond donors (Lipinski definition) is 2. The maximum Gasteiger partial charge on any atom is 0.547 e. The fraction of sp³-hybridized carbons (Fsp3) is 0.500. The average Bonchev–Trinajstić information content (AvgIpc) is 2.72. The van der Waals surface area contributed by atoms with Crippen molar-refractivity contribution >= 4 is 30.9 Å². The zero-order valence-electron chi connectivity index (χ0n) is 17.5. The molecule has 1 aromatic carbocycles. The van der Waals surface area contributed by atoms with Crippen molar-refractivity contribution in [3.05, 3.63) is 29.3 Å². The first-order valence-electron chi connectivity index (χ1n) is 10.0. The summed E-state index contributed by atoms with van der Waals surface area (Å²) in [5.41, 5.74) is 0.623. The monoisotopic (exact) mass is 435 g/mol. The number of esters is 1. The highest BCUT2D eigenvalue weighted by molar-refractivity contribution is 6.47. The van der Waals surface area contributed by atoms with Gasteiger partial charge in [0.15, 0.2) is 0 Å². The molecule has 1 unspecified atom stereocenters. The lowest BCUT2D eigenvalue weighted by atomic mass is 9.72. The topological polar surface area (TPSA) is 137 Å². The molecule has 11 heteroatoms. The Morgan fingerprint density at radius 2 is 1.97 bits per heavy atom. The molecule has 1 aromatic rings. The van der Waals surface area contributed by atoms with Gasteiger partial charge in [-0.1, -0.05) is 25.5 Å². The minimum atomic E-state index is -1.40. The third-order valence-corrected chi connectivity index (χ3v) is 4.47. The first-order valence-corrected chi connectivity index (χ1v) is 10.0. The fourth-order valence-corrected chi connectivity index (χ4v) is 2.83. The van der Waals surface area contributed by atoms with Crippen LogP contribution in [0.25, 0.3) is 0 Å². The van der Waals surface area contributed by atoms with Gasteiger partial charge >= 0.3 is 19.2 Å². The molecule has 0 radical (unpaired) electrons. The van der Waals surface area contributed by atoms with Gasteiger partial charge in [-0.05, 0) is 31.4 Å². The third kappa shape index (κ3) is 7.60. The lowest BCUT2D eigenvalue weighted by Crippen LogP contribution is -2.53. The van der Waals surface area contributed by atoms with Gasteiger partial charge in [-0.25, -0.2) is 9.59 Å². The molecule has 0 aromatic heterocycles. The fourth-order valence-electron chi connectivity index (χ4n) is 2.83. The molecule has 0 aliphatic carbocycles. The number of ketones is 1. The molecule has 31 heavy (non-hydrogen) atoms. The van der Waals surface area contributed by atoms with E-state index in [1.54, 1.807) is 12.1 Å². The second-order valence-corrected chi connectivity index (χ2v) is 7.03. The van der Waals surface area contributed by atoms with E-state index >= 15 is 0 Å². The van der Waals surface area contributed by atoms with Crippen molar-refractivity contribution in [2.45, 2.75) is 51.9 Å². The molecule has 1 amide bonds. The van der Waals surface area contributed by atoms with Crippen molar-refractivity contribution in [1.29, 1.82) is 0 Å². The van der Waals surface area contributed by atoms with Gasteiger partial charge in [-0.2, -0.15) is 0 Å². The number of Topliss-reactive ketones (excluding diaryl/α,β-unsaturated/α-hetero) is 1. The molecule has 168 valence electrons. The van der Waals surface area contributed by atoms with Crippen LogP contribution in [-0.4, -0.2) is 55.3 Å². The quantitative estimate of drug-likeness (QED) is 0.243. The Balaban J connectivity index is 1.93. The van der Waals surface area contributed by atoms with E-state index in [1.165, 1.54) is 13.0 Å². The van der Waals surface area contributed by atoms with Crippen LogP contribution in [0.4, 0.5) is 4.79 Å². The van der Waals surface area contributed by atoms with E-state index in [1.807, 2.05) is 6.92 Å². The number of nitrogens with one attached hydrogen (secondary N) is 1. The Morgan fingerprint density at radius 3 is 2.68 bits per heavy atom. The van der Waals surface area contributed by atoms with Crippen molar-refractivity contribution in [2.75, 3.05) is 13.4 Å². The summed E-state index contributed by atoms with van der Waals surface area (Å²) in [6.45, 7) is 2.92. The van der Waals surface area contributed by atoms with Crippen molar-refractivity contribution in [3.63, 3.8) is 0 Å². The van der Waals surface area contributed by atoms with E-state index in [-0.39, 0.29) is 48.9 Å². The summed E-state index contributed by atoms with van der Waals surface area (Å²) < 4.78 is 19.8. The summed E-state index contributed by atoms with van der Waals surface area (Å²) in [4.78, 5) is 46.7. The Bertz CT molecular complexity index is 814. The summed E-state index contributed by atoms with van der Waals surface area (Å²) in [7, 11) is -1.40. The molecule has 0 saturated carbocycles. The van der Waals surface area contributed by atoms with Crippen LogP contribution in [0, 0.1) is 0 Å². The number of fused-ring (bicyclic) bond motifs is 1. The lowest BCUT2D eigenvalue weighted by molar-refractivity contribution is -0.124. The van der Waals surface area contributed by atoms with Crippen LogP contribution in [0.15, 0.2) is 18.2 Å². The van der Waals surface area contributed by atoms with Crippen molar-refractivity contribution < 1.29 is 43.1 Å². The number of carbonyl (C=O) groups is 4. The molecule has 0 saturated heterocycles. The van der Waals surface area contributed by atoms with Gasteiger partial charge in [0, 0.05) is 12.8 Å². The molecule has 1 atom stereocenters. The molecule has 0 bridgehead atoms. The minimum absolute atomic E-state index is 0.0126. The molecule has 1 aliphatic rings. The molecule has 1 heterocycles. The number of rotatable bonds is 10. The summed E-state index contributed by atoms with van der Waals surface area (Å²) >= 11 is 0. The Morgan fingerprint density at radius 1 is 1.19 bits per heavy atom. The van der Waals surface area contributed by atoms with E-state index < -0.39 is 32.0 Å². The molecule has 0 fully saturated rings. The van der Waals surface area contributed by atoms with Gasteiger partial charge in [-0.15, -0.1) is 0 Å². The molecule has 0 spiro atoms. The lowest BCUT2D eigenvalue weighted by Gasteiger charge is -2.29. The molecule has 10 nitrogen and oxygen atoms in total. The van der Waals surface area contributed by atoms with Gasteiger partial charge < -0.3 is 34.0 Å². The third-order valence-electron chi connectivity index (χ3n) is 4.47. The molecule has 1 aliphatic heterocycles. The van der Waals surface area contributed by atoms with E-state index in [4.69, 9.17) is 14.1 Å². The molecule has 2 rings (SSSR count). The molecule has 2 N–H and O–H groups in total. The van der Waals surface area contributed by atoms with E-state index in [9.17, 15) is 24.2 Å². The van der Waals surface area contributed by atoms with Crippen LogP contribution in [0.5, 0.6) is 5.75 Å². The number of amides is 1. The highest BCUT2D eigenvalue weighted by Gasteiger charge is 2.37. The number of unbranched alkanes of at least 4 members (excludes halogenated alkanes) is 1. The predicted octanol–water partition coefficient (Wildman–Crippen LogP) is 1.56. The molecular weight excluding hydrogens is 409 g/mol. The maximum atomic E-state index is 12.4. The number of benzene rings is 1. The number of ether oxygens (including phenoxy) is 3. The number of hydrogen-bond acceptors (Lipinski definition) is 9. The SMILES string of the molecule is CCCCOC(=O)OCOC(=O)c1cccc2c1OB(O)C(NC(=O)CCC(C)=O)C2. The highest BCUT2D eigenvalue weighted by Crippen LogP contribution is 2.30. The smallest absolute Gasteiger partial charge is 0.534 e. The number of carbonyl (C=O) groups excluding carboxylic acids is 4. The zero-order valence-corrected chi connectivity index (χ0v) is 17.5. The van der Waals surface area contributed by atoms with Crippen LogP contribution in [0.3, 0.4) is 0 Å². The van der Waals surface area contributed by atoms with Crippen LogP contribution < -0.4 is 9.97 Å². The normalized spacial score (nSPS) is 14.7. The number of para-hydroxylation sites is 1. The second kappa shape index (κ2) is 11.9. The van der Waals surface area contributed by atoms with Gasteiger partial charge in [0.25, 0.3) is 0 Å². The Labute approximate surface area is 180 Å². The van der Waals surface area contributed by atoms with E-state index in [2.05, 4.69) is 10.1 Å². The van der Waals surface area contributed by atoms with Crippen LogP contribution in [0.2, 0.25) is 0 Å². The first kappa shape index (κ1) is 24.2. The highest BCUT2D eigenvalue weighted by atomic mass is 16.8. The molecular formula is C20H26BNO9. The summed E-state index contributed by atoms with van der Waals surface area (Å²) in [6.07, 6.45) is 0.948. The van der Waals surface area contributed by atoms with E-state index in [0.717, 1.165) is 6.42 Å². The Kier molecular flexibility index (Phi) is 9.32. The largest absolute Gasteiger partial charge is 0.547 e. The van der Waals surface area contributed by atoms with Gasteiger partial charge in [0.1, 0.15) is 17.1 Å². The summed E-state index contributed by atoms with van der Waals surface area (Å²) in [6, 6.07) is 4.73. The van der Waals surface area contributed by atoms with Gasteiger partial charge in [-0.3, -0.25) is 4.79 Å². The Hall–Kier alpha value is -3.08. The van der Waals surface area contributed by atoms with Crippen LogP contribution in [-0.2, 0) is 30.2 Å². The first-order chi connectivity index (χ1) is 14.8. The zero-order chi connectivity index (χ0) is 22.8. The standard InChI is InChI=1S/C20H26BNO9/c1-3-4-10-28-20(26)30-12-29-19(25)15-7-5-6-14-11-16(21(27)31-18(14)15)22-17(24)9-8-13(2)23/h5-7,16,27H,3-4,8-12H2,1-2H3,(H,22,24). The second-order valence-electron chi connectivity index (χ2n) is 7.03. The maximum absolute atomic E-state index is 12.4. The average molecular weight is 435 g/mol. The van der Waals surface area contributed by atoms with Gasteiger partial charge in [0.05, 0.1) is 12.5 Å². The van der Waals surface area contributed by atoms with Crippen LogP contribution >= 0.6 is 0 Å². The summed E-state index contributed by atoms with van der Waals surface area (Å²) in [5, 5.41) is 12.9. The van der Waals surface area contributed by atoms with Gasteiger partial charge in [0.2, 0.25) is 12.7 Å². The van der Waals surface area contributed by atoms with E-state index in [0.29, 0.717) is 12.0 Å².